The molecule has 0 saturated carbocycles. The lowest BCUT2D eigenvalue weighted by atomic mass is 9.71. The molecule has 2 aliphatic rings. The number of ketones is 1. The minimum absolute atomic E-state index is 0.0183. The third-order valence-electron chi connectivity index (χ3n) is 6.82. The Hall–Kier alpha value is -3.58. The van der Waals surface area contributed by atoms with Crippen molar-refractivity contribution in [2.75, 3.05) is 34.5 Å². The van der Waals surface area contributed by atoms with Crippen LogP contribution in [-0.4, -0.2) is 46.3 Å². The molecule has 0 radical (unpaired) electrons. The first kappa shape index (κ1) is 25.5. The summed E-state index contributed by atoms with van der Waals surface area (Å²) >= 11 is 0. The highest BCUT2D eigenvalue weighted by Gasteiger charge is 2.41. The molecular formula is C29H33NO6. The number of carbonyl (C=O) groups excluding carboxylic acids is 2. The zero-order chi connectivity index (χ0) is 25.8. The first-order valence-electron chi connectivity index (χ1n) is 12.1. The van der Waals surface area contributed by atoms with Crippen molar-refractivity contribution in [1.29, 1.82) is 0 Å². The van der Waals surface area contributed by atoms with Gasteiger partial charge in [0, 0.05) is 36.4 Å². The van der Waals surface area contributed by atoms with Crippen LogP contribution in [-0.2, 0) is 19.1 Å². The predicted octanol–water partition coefficient (Wildman–Crippen LogP) is 4.56. The Morgan fingerprint density at radius 2 is 1.72 bits per heavy atom. The second-order valence-electron chi connectivity index (χ2n) is 9.17. The van der Waals surface area contributed by atoms with Crippen molar-refractivity contribution in [3.8, 4) is 11.5 Å². The Balaban J connectivity index is 1.74. The second-order valence-corrected chi connectivity index (χ2v) is 9.17. The number of carbonyl (C=O) groups is 2. The van der Waals surface area contributed by atoms with Crippen molar-refractivity contribution < 1.29 is 28.5 Å². The number of allylic oxidation sites excluding steroid dienone is 3. The number of methoxy groups -OCH3 is 3. The van der Waals surface area contributed by atoms with E-state index in [2.05, 4.69) is 5.32 Å². The van der Waals surface area contributed by atoms with Crippen molar-refractivity contribution in [2.45, 2.75) is 38.5 Å². The molecule has 2 aromatic carbocycles. The molecule has 0 saturated heterocycles. The van der Waals surface area contributed by atoms with Gasteiger partial charge in [0.15, 0.2) is 17.3 Å². The van der Waals surface area contributed by atoms with Gasteiger partial charge in [-0.3, -0.25) is 4.79 Å². The molecule has 1 heterocycles. The minimum atomic E-state index is -0.491. The summed E-state index contributed by atoms with van der Waals surface area (Å²) in [7, 11) is 4.76. The lowest BCUT2D eigenvalue weighted by Gasteiger charge is -2.37. The highest BCUT2D eigenvalue weighted by atomic mass is 16.6. The van der Waals surface area contributed by atoms with Crippen LogP contribution in [0.3, 0.4) is 0 Å². The van der Waals surface area contributed by atoms with E-state index in [4.69, 9.17) is 18.9 Å². The monoisotopic (exact) mass is 491 g/mol. The van der Waals surface area contributed by atoms with Crippen LogP contribution in [0.2, 0.25) is 0 Å². The van der Waals surface area contributed by atoms with Gasteiger partial charge in [0.05, 0.1) is 26.4 Å². The fourth-order valence-electron chi connectivity index (χ4n) is 5.13. The number of rotatable bonds is 8. The molecule has 190 valence electrons. The summed E-state index contributed by atoms with van der Waals surface area (Å²) in [6, 6.07) is 13.7. The van der Waals surface area contributed by atoms with Gasteiger partial charge in [-0.1, -0.05) is 35.9 Å². The van der Waals surface area contributed by atoms with Crippen LogP contribution in [0.4, 0.5) is 0 Å². The number of dihydropyridines is 1. The van der Waals surface area contributed by atoms with Gasteiger partial charge in [-0.05, 0) is 49.4 Å². The van der Waals surface area contributed by atoms with Crippen LogP contribution in [0.25, 0.3) is 0 Å². The minimum Gasteiger partial charge on any atom is -0.493 e. The Labute approximate surface area is 212 Å². The zero-order valence-electron chi connectivity index (χ0n) is 21.5. The molecule has 1 aliphatic carbocycles. The van der Waals surface area contributed by atoms with E-state index in [0.717, 1.165) is 22.4 Å². The van der Waals surface area contributed by atoms with Gasteiger partial charge in [-0.2, -0.15) is 0 Å². The van der Waals surface area contributed by atoms with Crippen LogP contribution in [0.15, 0.2) is 65.0 Å². The summed E-state index contributed by atoms with van der Waals surface area (Å²) < 4.78 is 21.4. The van der Waals surface area contributed by atoms with E-state index in [9.17, 15) is 9.59 Å². The Bertz CT molecular complexity index is 1230. The van der Waals surface area contributed by atoms with Gasteiger partial charge in [-0.15, -0.1) is 0 Å². The van der Waals surface area contributed by atoms with E-state index < -0.39 is 11.9 Å². The van der Waals surface area contributed by atoms with Gasteiger partial charge in [0.2, 0.25) is 0 Å². The molecule has 7 heteroatoms. The maximum absolute atomic E-state index is 13.7. The SMILES string of the molecule is COCCOC(=O)C1=C(C)NC2=C(C(=O)C[C@@H](c3ccc(OC)c(OC)c3)C2)[C@H]1c1cccc(C)c1. The normalized spacial score (nSPS) is 19.5. The molecule has 36 heavy (non-hydrogen) atoms. The van der Waals surface area contributed by atoms with Gasteiger partial charge in [0.1, 0.15) is 6.61 Å². The second kappa shape index (κ2) is 11.0. The Morgan fingerprint density at radius 1 is 0.944 bits per heavy atom. The average Bonchev–Trinajstić information content (AvgIpc) is 2.87. The van der Waals surface area contributed by atoms with Gasteiger partial charge in [0.25, 0.3) is 0 Å². The fourth-order valence-corrected chi connectivity index (χ4v) is 5.13. The van der Waals surface area contributed by atoms with E-state index in [0.29, 0.717) is 47.8 Å². The van der Waals surface area contributed by atoms with E-state index in [1.54, 1.807) is 21.3 Å². The van der Waals surface area contributed by atoms with Crippen molar-refractivity contribution >= 4 is 11.8 Å². The molecule has 4 rings (SSSR count). The van der Waals surface area contributed by atoms with E-state index in [1.165, 1.54) is 0 Å². The third-order valence-corrected chi connectivity index (χ3v) is 6.82. The third kappa shape index (κ3) is 5.02. The van der Waals surface area contributed by atoms with Gasteiger partial charge in [-0.25, -0.2) is 4.79 Å². The zero-order valence-corrected chi connectivity index (χ0v) is 21.5. The molecule has 0 amide bonds. The van der Waals surface area contributed by atoms with Crippen LogP contribution in [0, 0.1) is 6.92 Å². The molecule has 2 atom stereocenters. The molecule has 2 aromatic rings. The number of hydrogen-bond acceptors (Lipinski definition) is 7. The number of hydrogen-bond donors (Lipinski definition) is 1. The lowest BCUT2D eigenvalue weighted by Crippen LogP contribution is -2.36. The first-order valence-corrected chi connectivity index (χ1v) is 12.1. The fraction of sp³-hybridized carbons (Fsp3) is 0.379. The maximum atomic E-state index is 13.7. The number of aryl methyl sites for hydroxylation is 1. The largest absolute Gasteiger partial charge is 0.493 e. The standard InChI is InChI=1S/C29H33NO6/c1-17-7-6-8-20(13-17)27-26(29(32)36-12-11-33-3)18(2)30-22-14-21(15-23(31)28(22)27)19-9-10-24(34-4)25(16-19)35-5/h6-10,13,16,21,27,30H,11-12,14-15H2,1-5H3/t21-,27-/m0/s1. The molecule has 1 N–H and O–H groups in total. The van der Waals surface area contributed by atoms with Crippen molar-refractivity contribution in [1.82, 2.24) is 5.32 Å². The summed E-state index contributed by atoms with van der Waals surface area (Å²) in [4.78, 5) is 27.0. The lowest BCUT2D eigenvalue weighted by molar-refractivity contribution is -0.140. The van der Waals surface area contributed by atoms with Crippen LogP contribution in [0.1, 0.15) is 48.3 Å². The number of benzene rings is 2. The van der Waals surface area contributed by atoms with Crippen LogP contribution < -0.4 is 14.8 Å². The van der Waals surface area contributed by atoms with Gasteiger partial charge < -0.3 is 24.3 Å². The average molecular weight is 492 g/mol. The highest BCUT2D eigenvalue weighted by Crippen LogP contribution is 2.46. The number of ether oxygens (including phenoxy) is 4. The molecule has 7 nitrogen and oxygen atoms in total. The molecule has 0 unspecified atom stereocenters. The van der Waals surface area contributed by atoms with Crippen molar-refractivity contribution in [3.05, 3.63) is 81.7 Å². The maximum Gasteiger partial charge on any atom is 0.336 e. The van der Waals surface area contributed by atoms with E-state index >= 15 is 0 Å². The molecule has 0 fully saturated rings. The molecule has 0 aromatic heterocycles. The molecule has 1 aliphatic heterocycles. The topological polar surface area (TPSA) is 83.1 Å². The van der Waals surface area contributed by atoms with Crippen molar-refractivity contribution in [2.24, 2.45) is 0 Å². The summed E-state index contributed by atoms with van der Waals surface area (Å²) in [5.74, 6) is 0.344. The number of nitrogens with one attached hydrogen (secondary N) is 1. The van der Waals surface area contributed by atoms with E-state index in [-0.39, 0.29) is 18.3 Å². The number of Topliss-reactive ketones (excluding diaryl/α,β-unsaturated/α-hetero) is 1. The molecular weight excluding hydrogens is 458 g/mol. The predicted molar refractivity (Wildman–Crippen MR) is 136 cm³/mol. The van der Waals surface area contributed by atoms with Crippen LogP contribution >= 0.6 is 0 Å². The van der Waals surface area contributed by atoms with Crippen molar-refractivity contribution in [3.63, 3.8) is 0 Å². The summed E-state index contributed by atoms with van der Waals surface area (Å²) in [6.07, 6.45) is 0.978. The van der Waals surface area contributed by atoms with Crippen LogP contribution in [0.5, 0.6) is 11.5 Å². The number of esters is 1. The van der Waals surface area contributed by atoms with E-state index in [1.807, 2.05) is 56.3 Å². The molecule has 0 spiro atoms. The highest BCUT2D eigenvalue weighted by molar-refractivity contribution is 6.04. The quantitative estimate of drug-likeness (QED) is 0.428. The summed E-state index contributed by atoms with van der Waals surface area (Å²) in [5, 5.41) is 3.39. The smallest absolute Gasteiger partial charge is 0.336 e. The molecule has 0 bridgehead atoms. The summed E-state index contributed by atoms with van der Waals surface area (Å²) in [6.45, 7) is 4.32. The first-order chi connectivity index (χ1) is 17.4. The Morgan fingerprint density at radius 3 is 2.42 bits per heavy atom. The Kier molecular flexibility index (Phi) is 7.79. The van der Waals surface area contributed by atoms with Gasteiger partial charge >= 0.3 is 5.97 Å². The summed E-state index contributed by atoms with van der Waals surface area (Å²) in [5.41, 5.74) is 5.62.